The van der Waals surface area contributed by atoms with Gasteiger partial charge in [-0.2, -0.15) is 0 Å². The Morgan fingerprint density at radius 3 is 2.88 bits per heavy atom. The first-order chi connectivity index (χ1) is 8.10. The number of nitrogens with one attached hydrogen (secondary N) is 1. The number of amides is 1. The predicted octanol–water partition coefficient (Wildman–Crippen LogP) is 0.711. The van der Waals surface area contributed by atoms with E-state index in [1.54, 1.807) is 11.9 Å². The van der Waals surface area contributed by atoms with Gasteiger partial charge in [-0.25, -0.2) is 9.97 Å². The molecule has 0 radical (unpaired) electrons. The molecule has 6 nitrogen and oxygen atoms in total. The van der Waals surface area contributed by atoms with E-state index >= 15 is 0 Å². The van der Waals surface area contributed by atoms with Crippen molar-refractivity contribution >= 4 is 23.3 Å². The van der Waals surface area contributed by atoms with E-state index in [2.05, 4.69) is 15.3 Å². The summed E-state index contributed by atoms with van der Waals surface area (Å²) in [6.07, 6.45) is 1.73. The number of anilines is 1. The van der Waals surface area contributed by atoms with Crippen LogP contribution >= 0.6 is 11.6 Å². The lowest BCUT2D eigenvalue weighted by molar-refractivity contribution is -0.120. The van der Waals surface area contributed by atoms with Crippen molar-refractivity contribution in [3.63, 3.8) is 0 Å². The van der Waals surface area contributed by atoms with Crippen LogP contribution in [0, 0.1) is 0 Å². The molecule has 0 unspecified atom stereocenters. The number of ether oxygens (including phenoxy) is 1. The molecule has 0 aliphatic carbocycles. The molecule has 0 fully saturated rings. The van der Waals surface area contributed by atoms with E-state index in [0.29, 0.717) is 24.5 Å². The van der Waals surface area contributed by atoms with Crippen LogP contribution in [-0.2, 0) is 4.79 Å². The van der Waals surface area contributed by atoms with Gasteiger partial charge in [0.25, 0.3) is 0 Å². The van der Waals surface area contributed by atoms with Gasteiger partial charge in [-0.15, -0.1) is 0 Å². The lowest BCUT2D eigenvalue weighted by atomic mass is 10.3. The Balaban J connectivity index is 2.78. The van der Waals surface area contributed by atoms with Crippen LogP contribution in [0.25, 0.3) is 0 Å². The van der Waals surface area contributed by atoms with Gasteiger partial charge in [0.2, 0.25) is 5.91 Å². The number of carbonyl (C=O) groups excluding carboxylic acids is 1. The van der Waals surface area contributed by atoms with E-state index in [4.69, 9.17) is 16.3 Å². The molecule has 1 heterocycles. The molecule has 0 aliphatic heterocycles. The van der Waals surface area contributed by atoms with Gasteiger partial charge in [0, 0.05) is 27.1 Å². The molecule has 1 N–H and O–H groups in total. The lowest BCUT2D eigenvalue weighted by Crippen LogP contribution is -2.27. The Kier molecular flexibility index (Phi) is 4.96. The minimum atomic E-state index is -0.0315. The van der Waals surface area contributed by atoms with E-state index in [1.807, 2.05) is 7.05 Å². The molecule has 7 heteroatoms. The quantitative estimate of drug-likeness (QED) is 0.788. The SMILES string of the molecule is CNC(=O)CCN(C)c1ncnc(Cl)c1OC. The highest BCUT2D eigenvalue weighted by Gasteiger charge is 2.14. The molecule has 1 aromatic heterocycles. The molecule has 1 rings (SSSR count). The van der Waals surface area contributed by atoms with Crippen LogP contribution in [-0.4, -0.2) is 43.6 Å². The highest BCUT2D eigenvalue weighted by Crippen LogP contribution is 2.30. The number of hydrogen-bond acceptors (Lipinski definition) is 5. The molecule has 1 aromatic rings. The molecular weight excluding hydrogens is 244 g/mol. The van der Waals surface area contributed by atoms with Gasteiger partial charge in [0.05, 0.1) is 7.11 Å². The summed E-state index contributed by atoms with van der Waals surface area (Å²) in [5.74, 6) is 0.945. The van der Waals surface area contributed by atoms with Crippen molar-refractivity contribution in [1.29, 1.82) is 0 Å². The van der Waals surface area contributed by atoms with Gasteiger partial charge in [-0.05, 0) is 0 Å². The Morgan fingerprint density at radius 1 is 1.59 bits per heavy atom. The van der Waals surface area contributed by atoms with E-state index in [9.17, 15) is 4.79 Å². The van der Waals surface area contributed by atoms with Crippen molar-refractivity contribution in [2.75, 3.05) is 32.6 Å². The molecule has 0 aromatic carbocycles. The summed E-state index contributed by atoms with van der Waals surface area (Å²) in [6, 6.07) is 0. The number of halogens is 1. The van der Waals surface area contributed by atoms with Gasteiger partial charge < -0.3 is 15.0 Å². The third-order valence-electron chi connectivity index (χ3n) is 2.26. The molecule has 0 saturated carbocycles. The zero-order chi connectivity index (χ0) is 12.8. The summed E-state index contributed by atoms with van der Waals surface area (Å²) in [7, 11) is 4.91. The van der Waals surface area contributed by atoms with Crippen LogP contribution in [0.4, 0.5) is 5.82 Å². The molecule has 1 amide bonds. The second-order valence-electron chi connectivity index (χ2n) is 3.37. The first-order valence-electron chi connectivity index (χ1n) is 5.06. The highest BCUT2D eigenvalue weighted by atomic mass is 35.5. The molecule has 94 valence electrons. The normalized spacial score (nSPS) is 9.88. The Bertz CT molecular complexity index is 400. The highest BCUT2D eigenvalue weighted by molar-refractivity contribution is 6.31. The van der Waals surface area contributed by atoms with Gasteiger partial charge >= 0.3 is 0 Å². The monoisotopic (exact) mass is 258 g/mol. The first-order valence-corrected chi connectivity index (χ1v) is 5.44. The molecule has 0 saturated heterocycles. The second kappa shape index (κ2) is 6.24. The second-order valence-corrected chi connectivity index (χ2v) is 3.72. The van der Waals surface area contributed by atoms with Gasteiger partial charge in [0.15, 0.2) is 16.7 Å². The van der Waals surface area contributed by atoms with E-state index in [1.165, 1.54) is 13.4 Å². The zero-order valence-electron chi connectivity index (χ0n) is 10.0. The number of aromatic nitrogens is 2. The van der Waals surface area contributed by atoms with Crippen molar-refractivity contribution in [3.05, 3.63) is 11.5 Å². The van der Waals surface area contributed by atoms with Crippen molar-refractivity contribution < 1.29 is 9.53 Å². The summed E-state index contributed by atoms with van der Waals surface area (Å²) < 4.78 is 5.13. The molecule has 0 bridgehead atoms. The van der Waals surface area contributed by atoms with Crippen LogP contribution in [0.5, 0.6) is 5.75 Å². The maximum atomic E-state index is 11.1. The van der Waals surface area contributed by atoms with E-state index in [0.717, 1.165) is 0 Å². The topological polar surface area (TPSA) is 67.4 Å². The average molecular weight is 259 g/mol. The smallest absolute Gasteiger partial charge is 0.221 e. The van der Waals surface area contributed by atoms with Crippen molar-refractivity contribution in [2.24, 2.45) is 0 Å². The Hall–Kier alpha value is -1.56. The number of nitrogens with zero attached hydrogens (tertiary/aromatic N) is 3. The maximum absolute atomic E-state index is 11.1. The number of hydrogen-bond donors (Lipinski definition) is 1. The number of rotatable bonds is 5. The lowest BCUT2D eigenvalue weighted by Gasteiger charge is -2.19. The Labute approximate surface area is 105 Å². The van der Waals surface area contributed by atoms with Crippen molar-refractivity contribution in [1.82, 2.24) is 15.3 Å². The molecule has 17 heavy (non-hydrogen) atoms. The molecular formula is C10H15ClN4O2. The van der Waals surface area contributed by atoms with Gasteiger partial charge in [-0.1, -0.05) is 11.6 Å². The third kappa shape index (κ3) is 3.45. The van der Waals surface area contributed by atoms with E-state index < -0.39 is 0 Å². The van der Waals surface area contributed by atoms with Crippen molar-refractivity contribution in [3.8, 4) is 5.75 Å². The first kappa shape index (κ1) is 13.5. The molecule has 0 atom stereocenters. The van der Waals surface area contributed by atoms with Crippen LogP contribution in [0.15, 0.2) is 6.33 Å². The number of methoxy groups -OCH3 is 1. The molecule has 0 spiro atoms. The van der Waals surface area contributed by atoms with Crippen LogP contribution in [0.3, 0.4) is 0 Å². The van der Waals surface area contributed by atoms with Gasteiger partial charge in [-0.3, -0.25) is 4.79 Å². The van der Waals surface area contributed by atoms with Gasteiger partial charge in [0.1, 0.15) is 6.33 Å². The maximum Gasteiger partial charge on any atom is 0.221 e. The average Bonchev–Trinajstić information content (AvgIpc) is 2.35. The minimum Gasteiger partial charge on any atom is -0.490 e. The standard InChI is InChI=1S/C10H15ClN4O2/c1-12-7(16)4-5-15(2)10-8(17-3)9(11)13-6-14-10/h6H,4-5H2,1-3H3,(H,12,16). The largest absolute Gasteiger partial charge is 0.490 e. The van der Waals surface area contributed by atoms with Crippen LogP contribution in [0.1, 0.15) is 6.42 Å². The third-order valence-corrected chi connectivity index (χ3v) is 2.53. The fraction of sp³-hybridized carbons (Fsp3) is 0.500. The fourth-order valence-corrected chi connectivity index (χ4v) is 1.50. The van der Waals surface area contributed by atoms with Crippen LogP contribution < -0.4 is 15.0 Å². The predicted molar refractivity (Wildman–Crippen MR) is 65.5 cm³/mol. The molecule has 0 aliphatic rings. The summed E-state index contributed by atoms with van der Waals surface area (Å²) in [6.45, 7) is 0.517. The fourth-order valence-electron chi connectivity index (χ4n) is 1.29. The summed E-state index contributed by atoms with van der Waals surface area (Å²) >= 11 is 5.88. The minimum absolute atomic E-state index is 0.0315. The zero-order valence-corrected chi connectivity index (χ0v) is 10.8. The summed E-state index contributed by atoms with van der Waals surface area (Å²) in [5, 5.41) is 2.81. The van der Waals surface area contributed by atoms with Crippen LogP contribution in [0.2, 0.25) is 5.15 Å². The van der Waals surface area contributed by atoms with E-state index in [-0.39, 0.29) is 11.1 Å². The van der Waals surface area contributed by atoms with Crippen molar-refractivity contribution in [2.45, 2.75) is 6.42 Å². The Morgan fingerprint density at radius 2 is 2.29 bits per heavy atom. The summed E-state index contributed by atoms with van der Waals surface area (Å²) in [5.41, 5.74) is 0. The number of carbonyl (C=O) groups is 1. The summed E-state index contributed by atoms with van der Waals surface area (Å²) in [4.78, 5) is 20.8.